The van der Waals surface area contributed by atoms with Crippen molar-refractivity contribution in [3.63, 3.8) is 0 Å². The van der Waals surface area contributed by atoms with E-state index in [1.165, 1.54) is 19.3 Å². The number of likely N-dealkylation sites (tertiary alicyclic amines) is 1. The second kappa shape index (κ2) is 5.94. The molecule has 0 spiro atoms. The third-order valence-electron chi connectivity index (χ3n) is 5.83. The molecule has 2 bridgehead atoms. The first kappa shape index (κ1) is 14.8. The quantitative estimate of drug-likeness (QED) is 0.532. The Kier molecular flexibility index (Phi) is 4.19. The zero-order chi connectivity index (χ0) is 15.0. The van der Waals surface area contributed by atoms with Crippen LogP contribution in [0.25, 0.3) is 0 Å². The van der Waals surface area contributed by atoms with Crippen LogP contribution in [0.15, 0.2) is 12.2 Å². The van der Waals surface area contributed by atoms with Crippen LogP contribution in [0.3, 0.4) is 0 Å². The van der Waals surface area contributed by atoms with E-state index >= 15 is 0 Å². The molecule has 2 aliphatic carbocycles. The van der Waals surface area contributed by atoms with Crippen molar-refractivity contribution in [1.29, 1.82) is 0 Å². The van der Waals surface area contributed by atoms with Crippen LogP contribution in [0.2, 0.25) is 0 Å². The summed E-state index contributed by atoms with van der Waals surface area (Å²) in [6, 6.07) is 0. The molecular weight excluding hydrogens is 262 g/mol. The summed E-state index contributed by atoms with van der Waals surface area (Å²) in [5, 5.41) is 0. The van der Waals surface area contributed by atoms with Gasteiger partial charge in [0.05, 0.1) is 11.8 Å². The lowest BCUT2D eigenvalue weighted by Crippen LogP contribution is -2.34. The highest BCUT2D eigenvalue weighted by atomic mass is 16.2. The lowest BCUT2D eigenvalue weighted by atomic mass is 9.85. The standard InChI is InChI=1S/C18H27NO2/c1-3-6-12(4-2)7-5-10-19-17(20)15-13-8-9-14(11-13)16(15)18(19)21/h8-9,12-16H,3-7,10-11H2,1-2H3. The van der Waals surface area contributed by atoms with Crippen LogP contribution in [0.1, 0.15) is 52.4 Å². The molecule has 1 saturated carbocycles. The van der Waals surface area contributed by atoms with Gasteiger partial charge >= 0.3 is 0 Å². The number of fused-ring (bicyclic) bond motifs is 5. The molecule has 5 unspecified atom stereocenters. The van der Waals surface area contributed by atoms with Crippen molar-refractivity contribution in [1.82, 2.24) is 4.90 Å². The Morgan fingerprint density at radius 1 is 1.10 bits per heavy atom. The van der Waals surface area contributed by atoms with Crippen molar-refractivity contribution in [2.45, 2.75) is 52.4 Å². The average Bonchev–Trinajstić information content (AvgIpc) is 3.15. The molecule has 116 valence electrons. The fourth-order valence-corrected chi connectivity index (χ4v) is 4.68. The highest BCUT2D eigenvalue weighted by Gasteiger charge is 2.58. The van der Waals surface area contributed by atoms with Crippen molar-refractivity contribution in [2.75, 3.05) is 6.54 Å². The number of amides is 2. The van der Waals surface area contributed by atoms with E-state index in [4.69, 9.17) is 0 Å². The van der Waals surface area contributed by atoms with Crippen LogP contribution in [0, 0.1) is 29.6 Å². The van der Waals surface area contributed by atoms with Crippen LogP contribution in [-0.2, 0) is 9.59 Å². The van der Waals surface area contributed by atoms with E-state index in [0.29, 0.717) is 18.4 Å². The van der Waals surface area contributed by atoms with Gasteiger partial charge in [0.25, 0.3) is 0 Å². The summed E-state index contributed by atoms with van der Waals surface area (Å²) >= 11 is 0. The monoisotopic (exact) mass is 289 g/mol. The fraction of sp³-hybridized carbons (Fsp3) is 0.778. The van der Waals surface area contributed by atoms with E-state index in [1.807, 2.05) is 0 Å². The van der Waals surface area contributed by atoms with Gasteiger partial charge in [-0.05, 0) is 37.0 Å². The molecule has 0 aromatic heterocycles. The Labute approximate surface area is 127 Å². The molecule has 21 heavy (non-hydrogen) atoms. The van der Waals surface area contributed by atoms with Crippen molar-refractivity contribution >= 4 is 11.8 Å². The average molecular weight is 289 g/mol. The second-order valence-corrected chi connectivity index (χ2v) is 7.03. The minimum absolute atomic E-state index is 0.0230. The van der Waals surface area contributed by atoms with Crippen LogP contribution in [-0.4, -0.2) is 23.3 Å². The Morgan fingerprint density at radius 2 is 1.71 bits per heavy atom. The van der Waals surface area contributed by atoms with Gasteiger partial charge in [-0.1, -0.05) is 45.3 Å². The summed E-state index contributed by atoms with van der Waals surface area (Å²) in [7, 11) is 0. The Bertz CT molecular complexity index is 426. The van der Waals surface area contributed by atoms with Gasteiger partial charge in [-0.25, -0.2) is 0 Å². The van der Waals surface area contributed by atoms with Gasteiger partial charge in [-0.2, -0.15) is 0 Å². The predicted molar refractivity (Wildman–Crippen MR) is 82.4 cm³/mol. The molecule has 3 heteroatoms. The van der Waals surface area contributed by atoms with E-state index in [0.717, 1.165) is 25.2 Å². The van der Waals surface area contributed by atoms with Crippen LogP contribution in [0.4, 0.5) is 0 Å². The first-order chi connectivity index (χ1) is 10.2. The highest BCUT2D eigenvalue weighted by molar-refractivity contribution is 6.06. The number of carbonyl (C=O) groups is 2. The molecule has 1 heterocycles. The molecule has 3 nitrogen and oxygen atoms in total. The Balaban J connectivity index is 1.56. The van der Waals surface area contributed by atoms with Gasteiger partial charge in [-0.15, -0.1) is 0 Å². The van der Waals surface area contributed by atoms with Gasteiger partial charge < -0.3 is 0 Å². The van der Waals surface area contributed by atoms with Gasteiger partial charge in [0.15, 0.2) is 0 Å². The third-order valence-corrected chi connectivity index (χ3v) is 5.83. The number of allylic oxidation sites excluding steroid dienone is 2. The number of rotatable bonds is 7. The minimum atomic E-state index is -0.0230. The minimum Gasteiger partial charge on any atom is -0.282 e. The maximum absolute atomic E-state index is 12.5. The maximum Gasteiger partial charge on any atom is 0.233 e. The molecule has 1 aliphatic heterocycles. The maximum atomic E-state index is 12.5. The number of hydrogen-bond donors (Lipinski definition) is 0. The van der Waals surface area contributed by atoms with E-state index < -0.39 is 0 Å². The van der Waals surface area contributed by atoms with Gasteiger partial charge in [0, 0.05) is 6.54 Å². The number of imide groups is 1. The SMILES string of the molecule is CCCC(CC)CCCN1C(=O)C2C3C=CC(C3)C2C1=O. The Morgan fingerprint density at radius 3 is 2.24 bits per heavy atom. The second-order valence-electron chi connectivity index (χ2n) is 7.03. The summed E-state index contributed by atoms with van der Waals surface area (Å²) in [5.41, 5.74) is 0. The first-order valence-electron chi connectivity index (χ1n) is 8.70. The van der Waals surface area contributed by atoms with Gasteiger partial charge in [-0.3, -0.25) is 14.5 Å². The van der Waals surface area contributed by atoms with Crippen molar-refractivity contribution in [2.24, 2.45) is 29.6 Å². The summed E-state index contributed by atoms with van der Waals surface area (Å²) < 4.78 is 0. The molecule has 0 aromatic carbocycles. The van der Waals surface area contributed by atoms with Crippen molar-refractivity contribution in [3.8, 4) is 0 Å². The van der Waals surface area contributed by atoms with Gasteiger partial charge in [0.1, 0.15) is 0 Å². The number of carbonyl (C=O) groups excluding carboxylic acids is 2. The fourth-order valence-electron chi connectivity index (χ4n) is 4.68. The smallest absolute Gasteiger partial charge is 0.233 e. The van der Waals surface area contributed by atoms with Crippen LogP contribution < -0.4 is 0 Å². The molecular formula is C18H27NO2. The third kappa shape index (κ3) is 2.45. The summed E-state index contributed by atoms with van der Waals surface area (Å²) in [6.45, 7) is 5.10. The topological polar surface area (TPSA) is 37.4 Å². The molecule has 0 N–H and O–H groups in total. The summed E-state index contributed by atoms with van der Waals surface area (Å²) in [6.07, 6.45) is 11.1. The lowest BCUT2D eigenvalue weighted by Gasteiger charge is -2.19. The number of hydrogen-bond acceptors (Lipinski definition) is 2. The van der Waals surface area contributed by atoms with Crippen molar-refractivity contribution < 1.29 is 9.59 Å². The van der Waals surface area contributed by atoms with E-state index in [2.05, 4.69) is 26.0 Å². The molecule has 2 fully saturated rings. The normalized spacial score (nSPS) is 34.9. The zero-order valence-electron chi connectivity index (χ0n) is 13.3. The van der Waals surface area contributed by atoms with Crippen LogP contribution in [0.5, 0.6) is 0 Å². The molecule has 1 saturated heterocycles. The predicted octanol–water partition coefficient (Wildman–Crippen LogP) is 3.40. The molecule has 0 radical (unpaired) electrons. The largest absolute Gasteiger partial charge is 0.282 e. The van der Waals surface area contributed by atoms with Gasteiger partial charge in [0.2, 0.25) is 11.8 Å². The summed E-state index contributed by atoms with van der Waals surface area (Å²) in [4.78, 5) is 26.6. The first-order valence-corrected chi connectivity index (χ1v) is 8.70. The molecule has 2 amide bonds. The molecule has 3 rings (SSSR count). The number of nitrogens with zero attached hydrogens (tertiary/aromatic N) is 1. The van der Waals surface area contributed by atoms with Crippen LogP contribution >= 0.6 is 0 Å². The summed E-state index contributed by atoms with van der Waals surface area (Å²) in [5.74, 6) is 1.61. The van der Waals surface area contributed by atoms with Crippen molar-refractivity contribution in [3.05, 3.63) is 12.2 Å². The lowest BCUT2D eigenvalue weighted by molar-refractivity contribution is -0.140. The Hall–Kier alpha value is -1.12. The molecule has 3 aliphatic rings. The van der Waals surface area contributed by atoms with E-state index in [1.54, 1.807) is 4.90 Å². The highest BCUT2D eigenvalue weighted by Crippen LogP contribution is 2.52. The zero-order valence-corrected chi connectivity index (χ0v) is 13.3. The molecule has 0 aromatic rings. The molecule has 5 atom stereocenters. The van der Waals surface area contributed by atoms with E-state index in [9.17, 15) is 9.59 Å². The van der Waals surface area contributed by atoms with E-state index in [-0.39, 0.29) is 23.7 Å².